The minimum atomic E-state index is -7.66. The number of hydrogen-bond donors (Lipinski definition) is 8. The molecular formula is C38H8F24O16. The van der Waals surface area contributed by atoms with Gasteiger partial charge < -0.3 is 40.9 Å². The van der Waals surface area contributed by atoms with Crippen LogP contribution in [0.4, 0.5) is 105 Å². The summed E-state index contributed by atoms with van der Waals surface area (Å²) in [5, 5.41) is 70.4. The van der Waals surface area contributed by atoms with E-state index in [1.54, 1.807) is 0 Å². The lowest BCUT2D eigenvalue weighted by molar-refractivity contribution is -0.324. The topological polar surface area (TPSA) is 298 Å². The van der Waals surface area contributed by atoms with Crippen LogP contribution in [-0.2, 0) is 17.3 Å². The molecule has 8 N–H and O–H groups in total. The lowest BCUT2D eigenvalue weighted by Crippen LogP contribution is -2.57. The average molecular weight is 1180 g/mol. The highest BCUT2D eigenvalue weighted by atomic mass is 19.4. The van der Waals surface area contributed by atoms with E-state index in [4.69, 9.17) is 40.9 Å². The first-order valence-electron chi connectivity index (χ1n) is 18.0. The van der Waals surface area contributed by atoms with Crippen LogP contribution in [0.2, 0.25) is 0 Å². The third kappa shape index (κ3) is 9.10. The fourth-order valence-electron chi connectivity index (χ4n) is 6.82. The van der Waals surface area contributed by atoms with Crippen molar-refractivity contribution < 1.29 is 185 Å². The van der Waals surface area contributed by atoms with E-state index in [0.29, 0.717) is 0 Å². The third-order valence-electron chi connectivity index (χ3n) is 10.0. The van der Waals surface area contributed by atoms with Crippen molar-refractivity contribution in [3.8, 4) is 0 Å². The Morgan fingerprint density at radius 2 is 0.372 bits per heavy atom. The van der Waals surface area contributed by atoms with Crippen LogP contribution in [0.3, 0.4) is 0 Å². The molecule has 0 saturated carbocycles. The highest BCUT2D eigenvalue weighted by molar-refractivity contribution is 6.05. The van der Waals surface area contributed by atoms with Crippen molar-refractivity contribution in [1.82, 2.24) is 0 Å². The fourth-order valence-corrected chi connectivity index (χ4v) is 6.82. The molecule has 4 aromatic carbocycles. The number of rotatable bonds is 14. The Labute approximate surface area is 404 Å². The minimum absolute atomic E-state index is 2.58. The Morgan fingerprint density at radius 1 is 0.231 bits per heavy atom. The monoisotopic (exact) mass is 1180 g/mol. The average Bonchev–Trinajstić information content (AvgIpc) is 3.25. The highest BCUT2D eigenvalue weighted by Gasteiger charge is 2.78. The number of hydrogen-bond acceptors (Lipinski definition) is 8. The SMILES string of the molecule is O=C(O)c1c(F)c(F)c(C(F)(F)C(F)(F)C(F)(F)c2c(F)c(F)c(C(=O)O)c(C(=O)O)c2F)c(F)c1C(=O)O.O=C(O)c1c(F)c(F)c(C(c2c(F)c(F)c(C(=O)O)c(C(=O)O)c2F)(C(F)(F)F)C(F)(F)F)c(F)c1C(=O)O. The van der Waals surface area contributed by atoms with Gasteiger partial charge in [0, 0.05) is 0 Å². The maximum Gasteiger partial charge on any atom is 0.411 e. The van der Waals surface area contributed by atoms with Crippen LogP contribution in [0.15, 0.2) is 0 Å². The molecule has 0 heterocycles. The number of aromatic carboxylic acids is 8. The molecule has 16 nitrogen and oxygen atoms in total. The van der Waals surface area contributed by atoms with Gasteiger partial charge in [-0.3, -0.25) is 0 Å². The van der Waals surface area contributed by atoms with Gasteiger partial charge in [-0.2, -0.15) is 52.7 Å². The van der Waals surface area contributed by atoms with Gasteiger partial charge >= 0.3 is 77.9 Å². The van der Waals surface area contributed by atoms with E-state index in [1.807, 2.05) is 0 Å². The minimum Gasteiger partial charge on any atom is -0.478 e. The van der Waals surface area contributed by atoms with Crippen molar-refractivity contribution in [2.75, 3.05) is 0 Å². The summed E-state index contributed by atoms with van der Waals surface area (Å²) in [5.41, 5.74) is -44.9. The first kappa shape index (κ1) is 63.3. The molecule has 0 saturated heterocycles. The molecular weight excluding hydrogens is 1170 g/mol. The second-order valence-electron chi connectivity index (χ2n) is 14.2. The molecule has 0 aromatic heterocycles. The van der Waals surface area contributed by atoms with E-state index in [-0.39, 0.29) is 0 Å². The summed E-state index contributed by atoms with van der Waals surface area (Å²) >= 11 is 0. The van der Waals surface area contributed by atoms with Crippen molar-refractivity contribution >= 4 is 47.8 Å². The van der Waals surface area contributed by atoms with Gasteiger partial charge in [-0.05, 0) is 0 Å². The summed E-state index contributed by atoms with van der Waals surface area (Å²) in [7, 11) is 0. The number of halogens is 24. The first-order valence-corrected chi connectivity index (χ1v) is 18.0. The van der Waals surface area contributed by atoms with E-state index in [9.17, 15) is 135 Å². The van der Waals surface area contributed by atoms with Crippen LogP contribution in [0.5, 0.6) is 0 Å². The zero-order chi connectivity index (χ0) is 61.5. The number of carboxylic acid groups (broad SMARTS) is 8. The number of carbonyl (C=O) groups is 8. The number of carboxylic acids is 8. The third-order valence-corrected chi connectivity index (χ3v) is 10.0. The van der Waals surface area contributed by atoms with Crippen molar-refractivity contribution in [3.63, 3.8) is 0 Å². The van der Waals surface area contributed by atoms with Gasteiger partial charge in [0.1, 0.15) is 67.3 Å². The predicted octanol–water partition coefficient (Wildman–Crippen LogP) is 9.56. The van der Waals surface area contributed by atoms with E-state index in [1.165, 1.54) is 0 Å². The molecule has 78 heavy (non-hydrogen) atoms. The smallest absolute Gasteiger partial charge is 0.411 e. The van der Waals surface area contributed by atoms with Gasteiger partial charge in [-0.25, -0.2) is 91.0 Å². The zero-order valence-corrected chi connectivity index (χ0v) is 34.9. The summed E-state index contributed by atoms with van der Waals surface area (Å²) in [6.07, 6.45) is -15.2. The number of alkyl halides is 12. The van der Waals surface area contributed by atoms with Crippen molar-refractivity contribution in [2.24, 2.45) is 0 Å². The Bertz CT molecular complexity index is 3150. The zero-order valence-electron chi connectivity index (χ0n) is 34.9. The predicted molar refractivity (Wildman–Crippen MR) is 187 cm³/mol. The fraction of sp³-hybridized carbons (Fsp3) is 0.158. The highest BCUT2D eigenvalue weighted by Crippen LogP contribution is 2.61. The summed E-state index contributed by atoms with van der Waals surface area (Å²) < 4.78 is 347. The molecule has 0 atom stereocenters. The Balaban J connectivity index is 0.000000410. The molecule has 4 aromatic rings. The second-order valence-corrected chi connectivity index (χ2v) is 14.2. The Hall–Kier alpha value is -9.04. The van der Waals surface area contributed by atoms with Crippen molar-refractivity contribution in [2.45, 2.75) is 35.5 Å². The van der Waals surface area contributed by atoms with Crippen LogP contribution in [0.25, 0.3) is 0 Å². The molecule has 424 valence electrons. The molecule has 40 heteroatoms. The molecule has 0 unspecified atom stereocenters. The van der Waals surface area contributed by atoms with Gasteiger partial charge in [0.2, 0.25) is 5.41 Å². The molecule has 4 rings (SSSR count). The molecule has 0 amide bonds. The van der Waals surface area contributed by atoms with Crippen LogP contribution in [0.1, 0.15) is 105 Å². The number of benzene rings is 4. The van der Waals surface area contributed by atoms with Gasteiger partial charge in [0.05, 0.1) is 11.1 Å². The van der Waals surface area contributed by atoms with E-state index in [2.05, 4.69) is 0 Å². The van der Waals surface area contributed by atoms with Crippen LogP contribution >= 0.6 is 0 Å². The van der Waals surface area contributed by atoms with E-state index in [0.717, 1.165) is 0 Å². The van der Waals surface area contributed by atoms with Gasteiger partial charge in [-0.1, -0.05) is 0 Å². The van der Waals surface area contributed by atoms with E-state index >= 15 is 8.78 Å². The first-order chi connectivity index (χ1) is 35.0. The Kier molecular flexibility index (Phi) is 16.3. The maximum absolute atomic E-state index is 15.1. The normalized spacial score (nSPS) is 12.4. The molecule has 0 spiro atoms. The molecule has 0 fully saturated rings. The summed E-state index contributed by atoms with van der Waals surface area (Å²) in [6, 6.07) is 0. The molecule has 0 aliphatic heterocycles. The lowest BCUT2D eigenvalue weighted by Gasteiger charge is -2.39. The quantitative estimate of drug-likeness (QED) is 0.0430. The van der Waals surface area contributed by atoms with Crippen LogP contribution in [0, 0.1) is 69.8 Å². The summed E-state index contributed by atoms with van der Waals surface area (Å²) in [5.74, 6) is -89.4. The second kappa shape index (κ2) is 20.2. The van der Waals surface area contributed by atoms with Gasteiger partial charge in [0.15, 0.2) is 58.2 Å². The van der Waals surface area contributed by atoms with Gasteiger partial charge in [-0.15, -0.1) is 0 Å². The lowest BCUT2D eigenvalue weighted by atomic mass is 9.70. The maximum atomic E-state index is 15.1. The summed E-state index contributed by atoms with van der Waals surface area (Å²) in [4.78, 5) is 88.7. The van der Waals surface area contributed by atoms with Crippen LogP contribution < -0.4 is 0 Å². The standard InChI is InChI=1S/2C19H4F12O8/c20-7-1(13(32)33)3(15(36)37)9(22)11(24)5(7)17(26,27)19(30,31)18(28,29)6-8(21)2(14(34)35)4(16(38)39)10(23)12(6)25;20-7-1(13(32)33)3(15(36)37)9(22)11(24)5(7)17(18(26,27)28,19(29,30)31)6-8(21)2(14(34)35)4(16(38)39)10(23)12(6)25/h2*(H,32,33)(H,34,35)(H,36,37)(H,38,39). The molecule has 0 aliphatic rings. The summed E-state index contributed by atoms with van der Waals surface area (Å²) in [6.45, 7) is 0. The van der Waals surface area contributed by atoms with Crippen molar-refractivity contribution in [3.05, 3.63) is 137 Å². The largest absolute Gasteiger partial charge is 0.478 e. The van der Waals surface area contributed by atoms with Gasteiger partial charge in [0.25, 0.3) is 0 Å². The molecule has 0 bridgehead atoms. The molecule has 0 aliphatic carbocycles. The Morgan fingerprint density at radius 3 is 0.526 bits per heavy atom. The van der Waals surface area contributed by atoms with E-state index < -0.39 is 220 Å². The molecule has 0 radical (unpaired) electrons. The van der Waals surface area contributed by atoms with Crippen LogP contribution in [-0.4, -0.2) is 107 Å². The van der Waals surface area contributed by atoms with Crippen molar-refractivity contribution in [1.29, 1.82) is 0 Å².